The van der Waals surface area contributed by atoms with Crippen LogP contribution in [0.2, 0.25) is 0 Å². The normalized spacial score (nSPS) is 10.2. The molecule has 0 saturated carbocycles. The average Bonchev–Trinajstić information content (AvgIpc) is 1.97. The van der Waals surface area contributed by atoms with Gasteiger partial charge in [0.2, 0.25) is 0 Å². The van der Waals surface area contributed by atoms with Gasteiger partial charge in [-0.1, -0.05) is 0 Å². The first-order valence-corrected chi connectivity index (χ1v) is 3.43. The van der Waals surface area contributed by atoms with Gasteiger partial charge in [-0.3, -0.25) is 0 Å². The molecule has 10 heavy (non-hydrogen) atoms. The quantitative estimate of drug-likeness (QED) is 0.377. The van der Waals surface area contributed by atoms with Gasteiger partial charge < -0.3 is 14.9 Å². The third-order valence-corrected chi connectivity index (χ3v) is 1.10. The van der Waals surface area contributed by atoms with Crippen LogP contribution in [0.4, 0.5) is 0 Å². The van der Waals surface area contributed by atoms with E-state index in [0.29, 0.717) is 6.61 Å². The fraction of sp³-hybridized carbons (Fsp3) is 1.00. The predicted octanol–water partition coefficient (Wildman–Crippen LogP) is -0.497. The highest BCUT2D eigenvalue weighted by Gasteiger charge is 1.85. The smallest absolute Gasteiger partial charge is 0.0691 e. The summed E-state index contributed by atoms with van der Waals surface area (Å²) in [4.78, 5) is 4.38. The summed E-state index contributed by atoms with van der Waals surface area (Å²) in [5.41, 5.74) is 0. The third-order valence-electron chi connectivity index (χ3n) is 1.10. The van der Waals surface area contributed by atoms with E-state index in [1.165, 1.54) is 0 Å². The van der Waals surface area contributed by atoms with Gasteiger partial charge in [-0.25, -0.2) is 5.90 Å². The van der Waals surface area contributed by atoms with E-state index in [1.54, 1.807) is 7.11 Å². The van der Waals surface area contributed by atoms with E-state index in [2.05, 4.69) is 10.2 Å². The molecule has 0 bridgehead atoms. The highest BCUT2D eigenvalue weighted by Crippen LogP contribution is 1.74. The molecule has 0 spiro atoms. The van der Waals surface area contributed by atoms with Crippen molar-refractivity contribution in [1.29, 1.82) is 0 Å². The van der Waals surface area contributed by atoms with Crippen molar-refractivity contribution in [3.05, 3.63) is 0 Å². The molecule has 3 N–H and O–H groups in total. The number of nitrogens with two attached hydrogens (primary N) is 1. The van der Waals surface area contributed by atoms with Crippen LogP contribution in [0, 0.1) is 0 Å². The van der Waals surface area contributed by atoms with Crippen molar-refractivity contribution in [1.82, 2.24) is 5.32 Å². The van der Waals surface area contributed by atoms with Crippen molar-refractivity contribution in [3.63, 3.8) is 0 Å². The first-order chi connectivity index (χ1) is 4.91. The third kappa shape index (κ3) is 7.84. The highest BCUT2D eigenvalue weighted by molar-refractivity contribution is 4.44. The van der Waals surface area contributed by atoms with Crippen LogP contribution >= 0.6 is 0 Å². The number of ether oxygens (including phenoxy) is 1. The summed E-state index contributed by atoms with van der Waals surface area (Å²) < 4.78 is 4.83. The second kappa shape index (κ2) is 8.84. The topological polar surface area (TPSA) is 56.5 Å². The molecule has 0 aromatic rings. The van der Waals surface area contributed by atoms with E-state index in [0.717, 1.165) is 26.1 Å². The lowest BCUT2D eigenvalue weighted by atomic mass is 10.4. The van der Waals surface area contributed by atoms with Gasteiger partial charge in [-0.2, -0.15) is 0 Å². The maximum atomic E-state index is 4.83. The Bertz CT molecular complexity index is 53.7. The molecule has 0 saturated heterocycles. The van der Waals surface area contributed by atoms with Gasteiger partial charge in [0.15, 0.2) is 0 Å². The molecule has 0 unspecified atom stereocenters. The molecule has 0 aromatic heterocycles. The van der Waals surface area contributed by atoms with Crippen LogP contribution in [0.15, 0.2) is 0 Å². The highest BCUT2D eigenvalue weighted by atomic mass is 16.6. The molecule has 0 atom stereocenters. The first kappa shape index (κ1) is 9.84. The minimum Gasteiger partial charge on any atom is -0.383 e. The van der Waals surface area contributed by atoms with Gasteiger partial charge in [-0.05, 0) is 13.0 Å². The van der Waals surface area contributed by atoms with E-state index < -0.39 is 0 Å². The molecule has 0 radical (unpaired) electrons. The first-order valence-electron chi connectivity index (χ1n) is 3.43. The van der Waals surface area contributed by atoms with E-state index in [1.807, 2.05) is 0 Å². The van der Waals surface area contributed by atoms with Crippen LogP contribution in [0.5, 0.6) is 0 Å². The van der Waals surface area contributed by atoms with E-state index in [4.69, 9.17) is 10.6 Å². The molecule has 0 rings (SSSR count). The van der Waals surface area contributed by atoms with Crippen LogP contribution in [0.1, 0.15) is 6.42 Å². The zero-order valence-electron chi connectivity index (χ0n) is 6.43. The van der Waals surface area contributed by atoms with E-state index in [9.17, 15) is 0 Å². The number of rotatable bonds is 7. The minimum absolute atomic E-state index is 0.611. The van der Waals surface area contributed by atoms with Crippen molar-refractivity contribution >= 4 is 0 Å². The summed E-state index contributed by atoms with van der Waals surface area (Å²) >= 11 is 0. The summed E-state index contributed by atoms with van der Waals surface area (Å²) in [6.45, 7) is 3.19. The Balaban J connectivity index is 2.65. The molecule has 0 aliphatic carbocycles. The van der Waals surface area contributed by atoms with Crippen LogP contribution in [-0.4, -0.2) is 33.4 Å². The lowest BCUT2D eigenvalue weighted by Gasteiger charge is -2.01. The Morgan fingerprint density at radius 2 is 2.10 bits per heavy atom. The van der Waals surface area contributed by atoms with Gasteiger partial charge in [0, 0.05) is 13.7 Å². The second-order valence-electron chi connectivity index (χ2n) is 1.97. The maximum absolute atomic E-state index is 4.83. The Morgan fingerprint density at radius 3 is 2.70 bits per heavy atom. The zero-order valence-corrected chi connectivity index (χ0v) is 6.43. The predicted molar refractivity (Wildman–Crippen MR) is 39.5 cm³/mol. The molecule has 0 aliphatic heterocycles. The molecule has 4 nitrogen and oxygen atoms in total. The minimum atomic E-state index is 0.611. The number of methoxy groups -OCH3 is 1. The van der Waals surface area contributed by atoms with Gasteiger partial charge in [0.25, 0.3) is 0 Å². The number of hydrogen-bond acceptors (Lipinski definition) is 4. The van der Waals surface area contributed by atoms with Gasteiger partial charge in [0.05, 0.1) is 13.2 Å². The summed E-state index contributed by atoms with van der Waals surface area (Å²) in [5, 5.41) is 3.16. The monoisotopic (exact) mass is 148 g/mol. The van der Waals surface area contributed by atoms with E-state index in [-0.39, 0.29) is 0 Å². The van der Waals surface area contributed by atoms with Crippen molar-refractivity contribution in [2.45, 2.75) is 6.42 Å². The van der Waals surface area contributed by atoms with Crippen molar-refractivity contribution < 1.29 is 9.57 Å². The summed E-state index contributed by atoms with van der Waals surface area (Å²) in [7, 11) is 1.69. The molecule has 0 fully saturated rings. The Morgan fingerprint density at radius 1 is 1.30 bits per heavy atom. The SMILES string of the molecule is COCCNCCCON. The molecule has 0 heterocycles. The molecular formula is C6H16N2O2. The lowest BCUT2D eigenvalue weighted by Crippen LogP contribution is -2.21. The number of hydrogen-bond donors (Lipinski definition) is 2. The second-order valence-corrected chi connectivity index (χ2v) is 1.97. The summed E-state index contributed by atoms with van der Waals surface area (Å²) in [6.07, 6.45) is 0.945. The van der Waals surface area contributed by atoms with Crippen molar-refractivity contribution in [2.24, 2.45) is 5.90 Å². The van der Waals surface area contributed by atoms with Crippen molar-refractivity contribution in [2.75, 3.05) is 33.4 Å². The number of nitrogens with one attached hydrogen (secondary N) is 1. The fourth-order valence-corrected chi connectivity index (χ4v) is 0.580. The largest absolute Gasteiger partial charge is 0.383 e. The lowest BCUT2D eigenvalue weighted by molar-refractivity contribution is 0.134. The van der Waals surface area contributed by atoms with Crippen molar-refractivity contribution in [3.8, 4) is 0 Å². The van der Waals surface area contributed by atoms with E-state index >= 15 is 0 Å². The summed E-state index contributed by atoms with van der Waals surface area (Å²) in [6, 6.07) is 0. The van der Waals surface area contributed by atoms with Crippen LogP contribution < -0.4 is 11.2 Å². The molecule has 0 amide bonds. The maximum Gasteiger partial charge on any atom is 0.0691 e. The Kier molecular flexibility index (Phi) is 8.70. The Labute approximate surface area is 61.6 Å². The van der Waals surface area contributed by atoms with Crippen LogP contribution in [0.25, 0.3) is 0 Å². The van der Waals surface area contributed by atoms with Gasteiger partial charge >= 0.3 is 0 Å². The summed E-state index contributed by atoms with van der Waals surface area (Å²) in [5.74, 6) is 4.82. The molecular weight excluding hydrogens is 132 g/mol. The van der Waals surface area contributed by atoms with Crippen LogP contribution in [0.3, 0.4) is 0 Å². The standard InChI is InChI=1S/C6H16N2O2/c1-9-6-4-8-3-2-5-10-7/h8H,2-7H2,1H3. The average molecular weight is 148 g/mol. The van der Waals surface area contributed by atoms with Gasteiger partial charge in [0.1, 0.15) is 0 Å². The molecule has 62 valence electrons. The molecule has 4 heteroatoms. The van der Waals surface area contributed by atoms with Gasteiger partial charge in [-0.15, -0.1) is 0 Å². The zero-order chi connectivity index (χ0) is 7.66. The van der Waals surface area contributed by atoms with Crippen LogP contribution in [-0.2, 0) is 9.57 Å². The fourth-order valence-electron chi connectivity index (χ4n) is 0.580. The molecule has 0 aliphatic rings. The Hall–Kier alpha value is -0.160. The molecule has 0 aromatic carbocycles.